The molecule has 0 aromatic heterocycles. The molecule has 0 aliphatic heterocycles. The summed E-state index contributed by atoms with van der Waals surface area (Å²) in [4.78, 5) is 14.0. The second kappa shape index (κ2) is 8.31. The number of hydrogen-bond acceptors (Lipinski definition) is 4. The molecule has 0 unspecified atom stereocenters. The maximum absolute atomic E-state index is 12.9. The van der Waals surface area contributed by atoms with Gasteiger partial charge >= 0.3 is 0 Å². The number of hydrogen-bond donors (Lipinski definition) is 1. The summed E-state index contributed by atoms with van der Waals surface area (Å²) in [5.41, 5.74) is 1.54. The van der Waals surface area contributed by atoms with Gasteiger partial charge in [-0.1, -0.05) is 12.1 Å². The van der Waals surface area contributed by atoms with Crippen LogP contribution in [0.5, 0.6) is 11.5 Å². The Labute approximate surface area is 141 Å². The van der Waals surface area contributed by atoms with Crippen molar-refractivity contribution in [3.05, 3.63) is 53.8 Å². The lowest BCUT2D eigenvalue weighted by Crippen LogP contribution is -2.29. The van der Waals surface area contributed by atoms with Crippen LogP contribution in [0.3, 0.4) is 0 Å². The maximum Gasteiger partial charge on any atom is 0.238 e. The summed E-state index contributed by atoms with van der Waals surface area (Å²) in [7, 11) is 4.93. The van der Waals surface area contributed by atoms with E-state index in [-0.39, 0.29) is 18.3 Å². The van der Waals surface area contributed by atoms with E-state index in [4.69, 9.17) is 9.47 Å². The maximum atomic E-state index is 12.9. The molecule has 2 aromatic rings. The number of nitrogens with zero attached hydrogens (tertiary/aromatic N) is 1. The molecule has 2 rings (SSSR count). The largest absolute Gasteiger partial charge is 0.497 e. The first-order valence-electron chi connectivity index (χ1n) is 7.46. The molecule has 0 saturated heterocycles. The minimum absolute atomic E-state index is 0.157. The Balaban J connectivity index is 1.93. The van der Waals surface area contributed by atoms with Gasteiger partial charge in [-0.2, -0.15) is 0 Å². The van der Waals surface area contributed by atoms with Crippen molar-refractivity contribution in [2.75, 3.05) is 33.1 Å². The molecule has 0 radical (unpaired) electrons. The first-order chi connectivity index (χ1) is 11.5. The van der Waals surface area contributed by atoms with Crippen molar-refractivity contribution in [3.63, 3.8) is 0 Å². The Kier molecular flexibility index (Phi) is 6.14. The molecule has 0 aliphatic carbocycles. The number of benzene rings is 2. The Morgan fingerprint density at radius 3 is 2.21 bits per heavy atom. The lowest BCUT2D eigenvalue weighted by Gasteiger charge is -2.17. The predicted octanol–water partition coefficient (Wildman–Crippen LogP) is 2.91. The highest BCUT2D eigenvalue weighted by molar-refractivity contribution is 5.92. The van der Waals surface area contributed by atoms with E-state index in [9.17, 15) is 9.18 Å². The molecule has 5 nitrogen and oxygen atoms in total. The van der Waals surface area contributed by atoms with Gasteiger partial charge in [-0.3, -0.25) is 9.69 Å². The van der Waals surface area contributed by atoms with Gasteiger partial charge < -0.3 is 14.8 Å². The number of carbonyl (C=O) groups excluding carboxylic acids is 1. The van der Waals surface area contributed by atoms with Crippen LogP contribution in [-0.2, 0) is 11.3 Å². The van der Waals surface area contributed by atoms with Crippen molar-refractivity contribution in [2.24, 2.45) is 0 Å². The standard InChI is InChI=1S/C18H21FN2O3/c1-21(11-13-4-6-14(19)7-5-13)12-18(22)20-15-8-16(23-2)10-17(9-15)24-3/h4-10H,11-12H2,1-3H3,(H,20,22). The van der Waals surface area contributed by atoms with Crippen LogP contribution in [0, 0.1) is 5.82 Å². The molecule has 0 aliphatic rings. The van der Waals surface area contributed by atoms with Gasteiger partial charge in [-0.25, -0.2) is 4.39 Å². The fourth-order valence-corrected chi connectivity index (χ4v) is 2.28. The zero-order valence-electron chi connectivity index (χ0n) is 14.0. The van der Waals surface area contributed by atoms with Crippen LogP contribution in [0.15, 0.2) is 42.5 Å². The second-order valence-corrected chi connectivity index (χ2v) is 5.45. The van der Waals surface area contributed by atoms with Gasteiger partial charge in [0.05, 0.1) is 20.8 Å². The first kappa shape index (κ1) is 17.7. The van der Waals surface area contributed by atoms with Crippen molar-refractivity contribution in [3.8, 4) is 11.5 Å². The third-order valence-corrected chi connectivity index (χ3v) is 3.41. The summed E-state index contributed by atoms with van der Waals surface area (Å²) >= 11 is 0. The van der Waals surface area contributed by atoms with Crippen LogP contribution < -0.4 is 14.8 Å². The number of amides is 1. The number of anilines is 1. The van der Waals surface area contributed by atoms with Gasteiger partial charge in [-0.05, 0) is 24.7 Å². The molecule has 2 aromatic carbocycles. The lowest BCUT2D eigenvalue weighted by atomic mass is 10.2. The van der Waals surface area contributed by atoms with E-state index in [1.165, 1.54) is 12.1 Å². The average Bonchev–Trinajstić information content (AvgIpc) is 2.56. The van der Waals surface area contributed by atoms with Crippen LogP contribution in [0.25, 0.3) is 0 Å². The van der Waals surface area contributed by atoms with Crippen molar-refractivity contribution in [1.29, 1.82) is 0 Å². The smallest absolute Gasteiger partial charge is 0.238 e. The zero-order valence-corrected chi connectivity index (χ0v) is 14.0. The Morgan fingerprint density at radius 2 is 1.67 bits per heavy atom. The first-order valence-corrected chi connectivity index (χ1v) is 7.46. The van der Waals surface area contributed by atoms with E-state index < -0.39 is 0 Å². The number of rotatable bonds is 7. The molecule has 0 saturated carbocycles. The normalized spacial score (nSPS) is 10.5. The highest BCUT2D eigenvalue weighted by atomic mass is 19.1. The van der Waals surface area contributed by atoms with Gasteiger partial charge in [0.25, 0.3) is 0 Å². The summed E-state index contributed by atoms with van der Waals surface area (Å²) in [6.07, 6.45) is 0. The quantitative estimate of drug-likeness (QED) is 0.847. The molecule has 0 fully saturated rings. The second-order valence-electron chi connectivity index (χ2n) is 5.45. The Morgan fingerprint density at radius 1 is 1.08 bits per heavy atom. The van der Waals surface area contributed by atoms with Crippen molar-refractivity contribution in [2.45, 2.75) is 6.54 Å². The fraction of sp³-hybridized carbons (Fsp3) is 0.278. The Hall–Kier alpha value is -2.60. The molecular formula is C18H21FN2O3. The number of carbonyl (C=O) groups is 1. The minimum atomic E-state index is -0.272. The van der Waals surface area contributed by atoms with Gasteiger partial charge in [0, 0.05) is 30.4 Å². The summed E-state index contributed by atoms with van der Waals surface area (Å²) in [6.45, 7) is 0.756. The van der Waals surface area contributed by atoms with E-state index in [0.717, 1.165) is 5.56 Å². The van der Waals surface area contributed by atoms with Crippen molar-refractivity contribution < 1.29 is 18.7 Å². The van der Waals surface area contributed by atoms with Crippen LogP contribution in [-0.4, -0.2) is 38.6 Å². The molecule has 128 valence electrons. The summed E-state index contributed by atoms with van der Waals surface area (Å²) < 4.78 is 23.3. The van der Waals surface area contributed by atoms with Gasteiger partial charge in [-0.15, -0.1) is 0 Å². The van der Waals surface area contributed by atoms with Crippen LogP contribution in [0.1, 0.15) is 5.56 Å². The van der Waals surface area contributed by atoms with E-state index in [2.05, 4.69) is 5.32 Å². The fourth-order valence-electron chi connectivity index (χ4n) is 2.28. The third kappa shape index (κ3) is 5.24. The number of methoxy groups -OCH3 is 2. The SMILES string of the molecule is COc1cc(NC(=O)CN(C)Cc2ccc(F)cc2)cc(OC)c1. The zero-order chi connectivity index (χ0) is 17.5. The predicted molar refractivity (Wildman–Crippen MR) is 90.9 cm³/mol. The van der Waals surface area contributed by atoms with E-state index in [1.54, 1.807) is 44.6 Å². The highest BCUT2D eigenvalue weighted by Gasteiger charge is 2.09. The highest BCUT2D eigenvalue weighted by Crippen LogP contribution is 2.25. The number of ether oxygens (including phenoxy) is 2. The molecule has 24 heavy (non-hydrogen) atoms. The summed E-state index contributed by atoms with van der Waals surface area (Å²) in [5, 5.41) is 2.82. The van der Waals surface area contributed by atoms with Crippen LogP contribution in [0.2, 0.25) is 0 Å². The monoisotopic (exact) mass is 332 g/mol. The van der Waals surface area contributed by atoms with Gasteiger partial charge in [0.15, 0.2) is 0 Å². The minimum Gasteiger partial charge on any atom is -0.497 e. The van der Waals surface area contributed by atoms with Crippen molar-refractivity contribution >= 4 is 11.6 Å². The molecule has 6 heteroatoms. The molecule has 1 N–H and O–H groups in total. The van der Waals surface area contributed by atoms with E-state index in [0.29, 0.717) is 23.7 Å². The third-order valence-electron chi connectivity index (χ3n) is 3.41. The number of halogens is 1. The van der Waals surface area contributed by atoms with Gasteiger partial charge in [0.2, 0.25) is 5.91 Å². The van der Waals surface area contributed by atoms with Crippen LogP contribution >= 0.6 is 0 Å². The van der Waals surface area contributed by atoms with E-state index in [1.807, 2.05) is 11.9 Å². The molecular weight excluding hydrogens is 311 g/mol. The lowest BCUT2D eigenvalue weighted by molar-refractivity contribution is -0.117. The number of nitrogens with one attached hydrogen (secondary N) is 1. The summed E-state index contributed by atoms with van der Waals surface area (Å²) in [5.74, 6) is 0.773. The Bertz CT molecular complexity index is 667. The molecule has 0 bridgehead atoms. The molecule has 0 heterocycles. The molecule has 0 spiro atoms. The molecule has 1 amide bonds. The topological polar surface area (TPSA) is 50.8 Å². The summed E-state index contributed by atoms with van der Waals surface area (Å²) in [6, 6.07) is 11.4. The van der Waals surface area contributed by atoms with Crippen LogP contribution in [0.4, 0.5) is 10.1 Å². The van der Waals surface area contributed by atoms with E-state index >= 15 is 0 Å². The van der Waals surface area contributed by atoms with Crippen molar-refractivity contribution in [1.82, 2.24) is 4.90 Å². The number of likely N-dealkylation sites (N-methyl/N-ethyl adjacent to an activating group) is 1. The average molecular weight is 332 g/mol. The van der Waals surface area contributed by atoms with Gasteiger partial charge in [0.1, 0.15) is 17.3 Å². The molecule has 0 atom stereocenters.